The lowest BCUT2D eigenvalue weighted by molar-refractivity contribution is -0.138. The number of carboxylic acids is 1. The van der Waals surface area contributed by atoms with Gasteiger partial charge < -0.3 is 5.11 Å². The summed E-state index contributed by atoms with van der Waals surface area (Å²) in [6, 6.07) is 0.0230. The van der Waals surface area contributed by atoms with E-state index in [2.05, 4.69) is 4.90 Å². The monoisotopic (exact) mass is 279 g/mol. The van der Waals surface area contributed by atoms with Gasteiger partial charge in [-0.2, -0.15) is 11.8 Å². The van der Waals surface area contributed by atoms with Gasteiger partial charge in [-0.05, 0) is 12.2 Å². The van der Waals surface area contributed by atoms with Crippen molar-refractivity contribution in [1.82, 2.24) is 4.90 Å². The van der Waals surface area contributed by atoms with E-state index in [9.17, 15) is 13.2 Å². The summed E-state index contributed by atoms with van der Waals surface area (Å²) in [5, 5.41) is 8.87. The molecule has 0 bridgehead atoms. The van der Waals surface area contributed by atoms with Crippen LogP contribution in [0.15, 0.2) is 0 Å². The molecule has 2 aliphatic rings. The molecule has 0 radical (unpaired) electrons. The molecule has 17 heavy (non-hydrogen) atoms. The second-order valence-corrected chi connectivity index (χ2v) is 8.00. The zero-order valence-corrected chi connectivity index (χ0v) is 11.2. The van der Waals surface area contributed by atoms with E-state index >= 15 is 0 Å². The number of sulfone groups is 1. The Hall–Kier alpha value is -0.270. The van der Waals surface area contributed by atoms with Crippen LogP contribution in [0, 0.1) is 0 Å². The average molecular weight is 279 g/mol. The third-order valence-electron chi connectivity index (χ3n) is 3.36. The van der Waals surface area contributed by atoms with Crippen LogP contribution in [0.5, 0.6) is 0 Å². The first-order chi connectivity index (χ1) is 7.98. The Kier molecular flexibility index (Phi) is 3.99. The van der Waals surface area contributed by atoms with Gasteiger partial charge in [0.15, 0.2) is 9.84 Å². The number of rotatable bonds is 3. The normalized spacial score (nSPS) is 33.6. The summed E-state index contributed by atoms with van der Waals surface area (Å²) >= 11 is 1.86. The molecule has 0 aromatic carbocycles. The Labute approximate surface area is 105 Å². The highest BCUT2D eigenvalue weighted by molar-refractivity contribution is 7.99. The van der Waals surface area contributed by atoms with E-state index in [1.54, 1.807) is 0 Å². The van der Waals surface area contributed by atoms with Crippen molar-refractivity contribution >= 4 is 27.6 Å². The van der Waals surface area contributed by atoms with Gasteiger partial charge in [-0.25, -0.2) is 8.42 Å². The third kappa shape index (κ3) is 3.35. The minimum Gasteiger partial charge on any atom is -0.481 e. The van der Waals surface area contributed by atoms with Gasteiger partial charge in [-0.3, -0.25) is 9.69 Å². The Morgan fingerprint density at radius 3 is 2.82 bits per heavy atom. The molecule has 98 valence electrons. The zero-order chi connectivity index (χ0) is 12.5. The quantitative estimate of drug-likeness (QED) is 0.788. The maximum absolute atomic E-state index is 11.6. The molecule has 1 N–H and O–H groups in total. The van der Waals surface area contributed by atoms with Gasteiger partial charge in [0.25, 0.3) is 0 Å². The molecule has 2 fully saturated rings. The van der Waals surface area contributed by atoms with E-state index in [1.807, 2.05) is 11.8 Å². The van der Waals surface area contributed by atoms with Crippen molar-refractivity contribution in [2.75, 3.05) is 29.6 Å². The van der Waals surface area contributed by atoms with Crippen LogP contribution in [-0.2, 0) is 14.6 Å². The topological polar surface area (TPSA) is 74.7 Å². The van der Waals surface area contributed by atoms with Gasteiger partial charge in [-0.1, -0.05) is 0 Å². The van der Waals surface area contributed by atoms with E-state index in [-0.39, 0.29) is 24.0 Å². The van der Waals surface area contributed by atoms with Crippen molar-refractivity contribution in [3.8, 4) is 0 Å². The van der Waals surface area contributed by atoms with Crippen LogP contribution in [0.3, 0.4) is 0 Å². The first-order valence-electron chi connectivity index (χ1n) is 5.73. The Balaban J connectivity index is 2.09. The Morgan fingerprint density at radius 2 is 2.24 bits per heavy atom. The van der Waals surface area contributed by atoms with Crippen LogP contribution in [0.25, 0.3) is 0 Å². The van der Waals surface area contributed by atoms with Crippen LogP contribution in [0.4, 0.5) is 0 Å². The van der Waals surface area contributed by atoms with E-state index in [1.165, 1.54) is 0 Å². The van der Waals surface area contributed by atoms with Crippen molar-refractivity contribution in [3.05, 3.63) is 0 Å². The molecule has 0 saturated carbocycles. The zero-order valence-electron chi connectivity index (χ0n) is 9.54. The minimum atomic E-state index is -3.05. The maximum Gasteiger partial charge on any atom is 0.304 e. The van der Waals surface area contributed by atoms with Crippen molar-refractivity contribution in [3.63, 3.8) is 0 Å². The van der Waals surface area contributed by atoms with Gasteiger partial charge in [0.05, 0.1) is 17.9 Å². The molecule has 0 aromatic rings. The highest BCUT2D eigenvalue weighted by Gasteiger charge is 2.37. The lowest BCUT2D eigenvalue weighted by atomic mass is 10.1. The molecule has 0 spiro atoms. The Morgan fingerprint density at radius 1 is 1.47 bits per heavy atom. The Bertz CT molecular complexity index is 389. The summed E-state index contributed by atoms with van der Waals surface area (Å²) in [5.41, 5.74) is 0. The lowest BCUT2D eigenvalue weighted by Gasteiger charge is -2.38. The largest absolute Gasteiger partial charge is 0.481 e. The third-order valence-corrected chi connectivity index (χ3v) is 6.20. The lowest BCUT2D eigenvalue weighted by Crippen LogP contribution is -2.53. The first kappa shape index (κ1) is 13.2. The van der Waals surface area contributed by atoms with Gasteiger partial charge >= 0.3 is 5.97 Å². The fourth-order valence-corrected chi connectivity index (χ4v) is 5.33. The minimum absolute atomic E-state index is 0.000463. The molecule has 0 amide bonds. The SMILES string of the molecule is O=C(O)CC1CS(=O)(=O)CCN1C1CCSC1. The number of nitrogens with zero attached hydrogens (tertiary/aromatic N) is 1. The predicted molar refractivity (Wildman–Crippen MR) is 67.1 cm³/mol. The average Bonchev–Trinajstić information content (AvgIpc) is 2.68. The molecule has 2 unspecified atom stereocenters. The predicted octanol–water partition coefficient (Wildman–Crippen LogP) is 0.0656. The molecule has 2 atom stereocenters. The molecule has 0 aromatic heterocycles. The fraction of sp³-hybridized carbons (Fsp3) is 0.900. The molecule has 2 aliphatic heterocycles. The van der Waals surface area contributed by atoms with Crippen molar-refractivity contribution in [1.29, 1.82) is 0 Å². The summed E-state index contributed by atoms with van der Waals surface area (Å²) in [7, 11) is -3.05. The first-order valence-corrected chi connectivity index (χ1v) is 8.71. The number of carbonyl (C=O) groups is 1. The van der Waals surface area contributed by atoms with E-state index in [0.717, 1.165) is 17.9 Å². The number of hydrogen-bond acceptors (Lipinski definition) is 5. The molecule has 5 nitrogen and oxygen atoms in total. The summed E-state index contributed by atoms with van der Waals surface area (Å²) in [6.45, 7) is 0.492. The molecule has 2 heterocycles. The maximum atomic E-state index is 11.6. The van der Waals surface area contributed by atoms with Crippen molar-refractivity contribution in [2.45, 2.75) is 24.9 Å². The van der Waals surface area contributed by atoms with Gasteiger partial charge in [-0.15, -0.1) is 0 Å². The van der Waals surface area contributed by atoms with Gasteiger partial charge in [0, 0.05) is 24.4 Å². The van der Waals surface area contributed by atoms with Gasteiger partial charge in [0.1, 0.15) is 0 Å². The molecule has 2 saturated heterocycles. The van der Waals surface area contributed by atoms with Crippen LogP contribution >= 0.6 is 11.8 Å². The number of hydrogen-bond donors (Lipinski definition) is 1. The molecule has 7 heteroatoms. The fourth-order valence-electron chi connectivity index (χ4n) is 2.54. The van der Waals surface area contributed by atoms with Crippen LogP contribution in [-0.4, -0.2) is 66.0 Å². The number of thioether (sulfide) groups is 1. The molecule has 0 aliphatic carbocycles. The van der Waals surface area contributed by atoms with E-state index in [0.29, 0.717) is 12.6 Å². The number of carboxylic acid groups (broad SMARTS) is 1. The second kappa shape index (κ2) is 5.16. The van der Waals surface area contributed by atoms with E-state index < -0.39 is 15.8 Å². The molecule has 2 rings (SSSR count). The van der Waals surface area contributed by atoms with Gasteiger partial charge in [0.2, 0.25) is 0 Å². The smallest absolute Gasteiger partial charge is 0.304 e. The molecular formula is C10H17NO4S2. The number of aliphatic carboxylic acids is 1. The molecular weight excluding hydrogens is 262 g/mol. The summed E-state index contributed by atoms with van der Waals surface area (Å²) in [5.74, 6) is 1.34. The highest BCUT2D eigenvalue weighted by atomic mass is 32.2. The summed E-state index contributed by atoms with van der Waals surface area (Å²) in [4.78, 5) is 12.9. The highest BCUT2D eigenvalue weighted by Crippen LogP contribution is 2.27. The van der Waals surface area contributed by atoms with Crippen molar-refractivity contribution < 1.29 is 18.3 Å². The van der Waals surface area contributed by atoms with Crippen molar-refractivity contribution in [2.24, 2.45) is 0 Å². The van der Waals surface area contributed by atoms with Crippen LogP contribution in [0.1, 0.15) is 12.8 Å². The summed E-state index contributed by atoms with van der Waals surface area (Å²) < 4.78 is 23.2. The van der Waals surface area contributed by atoms with Crippen LogP contribution < -0.4 is 0 Å². The second-order valence-electron chi connectivity index (χ2n) is 4.62. The summed E-state index contributed by atoms with van der Waals surface area (Å²) in [6.07, 6.45) is 0.973. The van der Waals surface area contributed by atoms with Crippen LogP contribution in [0.2, 0.25) is 0 Å². The standard InChI is InChI=1S/C10H17NO4S2/c12-10(13)5-9-7-17(14,15)4-2-11(9)8-1-3-16-6-8/h8-9H,1-7H2,(H,12,13). The van der Waals surface area contributed by atoms with E-state index in [4.69, 9.17) is 5.11 Å².